The zero-order valence-corrected chi connectivity index (χ0v) is 14.8. The molecule has 5 heteroatoms. The van der Waals surface area contributed by atoms with E-state index in [1.54, 1.807) is 0 Å². The van der Waals surface area contributed by atoms with E-state index in [0.717, 1.165) is 40.6 Å². The Labute approximate surface area is 149 Å². The fraction of sp³-hybridized carbons (Fsp3) is 0.250. The molecular weight excluding hydrogens is 328 g/mol. The van der Waals surface area contributed by atoms with E-state index in [4.69, 9.17) is 4.98 Å². The quantitative estimate of drug-likeness (QED) is 0.531. The molecule has 0 amide bonds. The minimum atomic E-state index is 0.763. The number of hydrogen-bond acceptors (Lipinski definition) is 4. The lowest BCUT2D eigenvalue weighted by molar-refractivity contribution is 0.509. The zero-order chi connectivity index (χ0) is 16.8. The predicted octanol–water partition coefficient (Wildman–Crippen LogP) is 4.63. The Balaban J connectivity index is 1.64. The van der Waals surface area contributed by atoms with Crippen LogP contribution in [0.15, 0.2) is 36.7 Å². The first-order valence-corrected chi connectivity index (χ1v) is 9.48. The zero-order valence-electron chi connectivity index (χ0n) is 14.0. The van der Waals surface area contributed by atoms with Crippen molar-refractivity contribution in [3.8, 4) is 0 Å². The summed E-state index contributed by atoms with van der Waals surface area (Å²) in [5.41, 5.74) is 3.53. The van der Waals surface area contributed by atoms with Gasteiger partial charge in [0.15, 0.2) is 11.5 Å². The van der Waals surface area contributed by atoms with Crippen LogP contribution >= 0.6 is 11.3 Å². The van der Waals surface area contributed by atoms with Crippen LogP contribution in [0.1, 0.15) is 35.2 Å². The third-order valence-corrected chi connectivity index (χ3v) is 6.12. The Morgan fingerprint density at radius 2 is 2.04 bits per heavy atom. The molecule has 0 aliphatic heterocycles. The van der Waals surface area contributed by atoms with E-state index in [1.165, 1.54) is 22.2 Å². The Bertz CT molecular complexity index is 1090. The van der Waals surface area contributed by atoms with Gasteiger partial charge in [0.05, 0.1) is 5.39 Å². The molecule has 5 rings (SSSR count). The standard InChI is InChI=1S/C20H18N4S/c1-13-7-9-15-16(11-13)25-20-18(15)19-23-22-17(24(19)12-21-20)10-8-14-5-3-2-4-6-14/h2-6,8,10,12-13H,7,9,11H2,1H3/b10-8+/t13-/m0/s1. The molecule has 1 aromatic carbocycles. The first-order valence-electron chi connectivity index (χ1n) is 8.67. The van der Waals surface area contributed by atoms with Crippen molar-refractivity contribution < 1.29 is 0 Å². The van der Waals surface area contributed by atoms with Gasteiger partial charge in [-0.1, -0.05) is 43.3 Å². The number of fused-ring (bicyclic) bond motifs is 5. The molecule has 3 heterocycles. The average Bonchev–Trinajstić information content (AvgIpc) is 3.20. The van der Waals surface area contributed by atoms with Gasteiger partial charge in [-0.15, -0.1) is 21.5 Å². The van der Waals surface area contributed by atoms with Crippen LogP contribution in [-0.2, 0) is 12.8 Å². The normalized spacial score (nSPS) is 17.6. The highest BCUT2D eigenvalue weighted by Crippen LogP contribution is 2.38. The van der Waals surface area contributed by atoms with Crippen molar-refractivity contribution in [3.05, 3.63) is 58.5 Å². The summed E-state index contributed by atoms with van der Waals surface area (Å²) in [7, 11) is 0. The molecule has 0 N–H and O–H groups in total. The minimum Gasteiger partial charge on any atom is -0.265 e. The number of aromatic nitrogens is 4. The number of nitrogens with zero attached hydrogens (tertiary/aromatic N) is 4. The van der Waals surface area contributed by atoms with Crippen molar-refractivity contribution in [3.63, 3.8) is 0 Å². The first-order chi connectivity index (χ1) is 12.3. The fourth-order valence-electron chi connectivity index (χ4n) is 3.60. The lowest BCUT2D eigenvalue weighted by Crippen LogP contribution is -2.08. The molecule has 1 aliphatic rings. The van der Waals surface area contributed by atoms with Crippen LogP contribution in [0.4, 0.5) is 0 Å². The van der Waals surface area contributed by atoms with Gasteiger partial charge in [0.25, 0.3) is 0 Å². The Morgan fingerprint density at radius 1 is 1.16 bits per heavy atom. The summed E-state index contributed by atoms with van der Waals surface area (Å²) in [5.74, 6) is 1.58. The minimum absolute atomic E-state index is 0.763. The van der Waals surface area contributed by atoms with Gasteiger partial charge in [0.1, 0.15) is 11.2 Å². The van der Waals surface area contributed by atoms with Crippen molar-refractivity contribution in [2.45, 2.75) is 26.2 Å². The predicted molar refractivity (Wildman–Crippen MR) is 103 cm³/mol. The van der Waals surface area contributed by atoms with Crippen LogP contribution in [0, 0.1) is 5.92 Å². The molecule has 124 valence electrons. The van der Waals surface area contributed by atoms with E-state index in [2.05, 4.69) is 35.3 Å². The Kier molecular flexibility index (Phi) is 3.41. The molecule has 0 saturated carbocycles. The number of hydrogen-bond donors (Lipinski definition) is 0. The number of aryl methyl sites for hydroxylation is 1. The maximum absolute atomic E-state index is 4.69. The van der Waals surface area contributed by atoms with Crippen molar-refractivity contribution >= 4 is 39.4 Å². The Hall–Kier alpha value is -2.53. The summed E-state index contributed by atoms with van der Waals surface area (Å²) in [5, 5.41) is 10.1. The summed E-state index contributed by atoms with van der Waals surface area (Å²) in [6.45, 7) is 2.33. The van der Waals surface area contributed by atoms with Crippen molar-refractivity contribution in [2.75, 3.05) is 0 Å². The van der Waals surface area contributed by atoms with Gasteiger partial charge < -0.3 is 0 Å². The summed E-state index contributed by atoms with van der Waals surface area (Å²) in [6, 6.07) is 10.2. The number of rotatable bonds is 2. The van der Waals surface area contributed by atoms with Gasteiger partial charge in [0.2, 0.25) is 0 Å². The highest BCUT2D eigenvalue weighted by Gasteiger charge is 2.23. The van der Waals surface area contributed by atoms with E-state index < -0.39 is 0 Å². The lowest BCUT2D eigenvalue weighted by Gasteiger charge is -2.17. The molecule has 0 radical (unpaired) electrons. The molecule has 3 aromatic heterocycles. The molecule has 0 bridgehead atoms. The molecule has 1 aliphatic carbocycles. The smallest absolute Gasteiger partial charge is 0.172 e. The molecule has 4 aromatic rings. The van der Waals surface area contributed by atoms with Crippen molar-refractivity contribution in [2.24, 2.45) is 5.92 Å². The van der Waals surface area contributed by atoms with Gasteiger partial charge in [0, 0.05) is 4.88 Å². The van der Waals surface area contributed by atoms with Crippen LogP contribution in [-0.4, -0.2) is 19.6 Å². The largest absolute Gasteiger partial charge is 0.265 e. The van der Waals surface area contributed by atoms with E-state index in [-0.39, 0.29) is 0 Å². The first kappa shape index (κ1) is 14.8. The van der Waals surface area contributed by atoms with E-state index >= 15 is 0 Å². The Morgan fingerprint density at radius 3 is 2.92 bits per heavy atom. The van der Waals surface area contributed by atoms with E-state index in [0.29, 0.717) is 0 Å². The van der Waals surface area contributed by atoms with Crippen LogP contribution in [0.2, 0.25) is 0 Å². The van der Waals surface area contributed by atoms with E-state index in [1.807, 2.05) is 46.3 Å². The van der Waals surface area contributed by atoms with Gasteiger partial charge in [-0.05, 0) is 42.4 Å². The SMILES string of the molecule is C[C@H]1CCc2c(sc3ncn4c(/C=C/c5ccccc5)nnc4c23)C1. The highest BCUT2D eigenvalue weighted by atomic mass is 32.1. The molecule has 0 spiro atoms. The second-order valence-corrected chi connectivity index (χ2v) is 7.86. The molecule has 1 atom stereocenters. The summed E-state index contributed by atoms with van der Waals surface area (Å²) < 4.78 is 2.01. The number of benzene rings is 1. The molecule has 0 saturated heterocycles. The highest BCUT2D eigenvalue weighted by molar-refractivity contribution is 7.19. The second-order valence-electron chi connectivity index (χ2n) is 6.77. The molecule has 0 unspecified atom stereocenters. The third kappa shape index (κ3) is 2.46. The topological polar surface area (TPSA) is 43.1 Å². The molecule has 4 nitrogen and oxygen atoms in total. The molecule has 25 heavy (non-hydrogen) atoms. The summed E-state index contributed by atoms with van der Waals surface area (Å²) >= 11 is 1.83. The third-order valence-electron chi connectivity index (χ3n) is 4.95. The van der Waals surface area contributed by atoms with Crippen LogP contribution in [0.25, 0.3) is 28.0 Å². The maximum Gasteiger partial charge on any atom is 0.172 e. The van der Waals surface area contributed by atoms with Crippen molar-refractivity contribution in [1.29, 1.82) is 0 Å². The lowest BCUT2D eigenvalue weighted by atomic mass is 9.89. The van der Waals surface area contributed by atoms with Crippen molar-refractivity contribution in [1.82, 2.24) is 19.6 Å². The van der Waals surface area contributed by atoms with Gasteiger partial charge in [-0.25, -0.2) is 4.98 Å². The van der Waals surface area contributed by atoms with Gasteiger partial charge >= 0.3 is 0 Å². The second kappa shape index (κ2) is 5.77. The monoisotopic (exact) mass is 346 g/mol. The number of thiophene rings is 1. The van der Waals surface area contributed by atoms with Gasteiger partial charge in [-0.2, -0.15) is 0 Å². The van der Waals surface area contributed by atoms with Crippen LogP contribution < -0.4 is 0 Å². The maximum atomic E-state index is 4.69. The fourth-order valence-corrected chi connectivity index (χ4v) is 4.95. The summed E-state index contributed by atoms with van der Waals surface area (Å²) in [4.78, 5) is 7.27. The summed E-state index contributed by atoms with van der Waals surface area (Å²) in [6.07, 6.45) is 9.45. The van der Waals surface area contributed by atoms with E-state index in [9.17, 15) is 0 Å². The van der Waals surface area contributed by atoms with Crippen LogP contribution in [0.5, 0.6) is 0 Å². The average molecular weight is 346 g/mol. The van der Waals surface area contributed by atoms with Gasteiger partial charge in [-0.3, -0.25) is 4.40 Å². The molecular formula is C20H18N4S. The molecule has 0 fully saturated rings. The van der Waals surface area contributed by atoms with Crippen LogP contribution in [0.3, 0.4) is 0 Å².